The molecule has 0 aromatic heterocycles. The first-order valence-electron chi connectivity index (χ1n) is 8.70. The van der Waals surface area contributed by atoms with E-state index in [4.69, 9.17) is 17.0 Å². The fraction of sp³-hybridized carbons (Fsp3) is 0.174. The van der Waals surface area contributed by atoms with Crippen LogP contribution in [0.25, 0.3) is 32.7 Å². The van der Waals surface area contributed by atoms with Gasteiger partial charge in [0.1, 0.15) is 0 Å². The molecule has 0 aliphatic heterocycles. The summed E-state index contributed by atoms with van der Waals surface area (Å²) in [6.07, 6.45) is 0. The third-order valence-corrected chi connectivity index (χ3v) is 4.74. The first-order valence-corrected chi connectivity index (χ1v) is 15.0. The molecule has 0 aliphatic rings. The molecule has 26 heavy (non-hydrogen) atoms. The number of halogens is 2. The van der Waals surface area contributed by atoms with Crippen molar-refractivity contribution in [3.05, 3.63) is 77.9 Å². The van der Waals surface area contributed by atoms with Crippen molar-refractivity contribution in [1.82, 2.24) is 0 Å². The van der Waals surface area contributed by atoms with Crippen molar-refractivity contribution in [2.75, 3.05) is 0 Å². The number of hydrogen-bond donors (Lipinski definition) is 0. The van der Waals surface area contributed by atoms with Gasteiger partial charge in [-0.1, -0.05) is 80.4 Å². The van der Waals surface area contributed by atoms with E-state index in [1.807, 2.05) is 0 Å². The number of aryl methyl sites for hydroxylation is 1. The third kappa shape index (κ3) is 4.11. The number of rotatable bonds is 2. The predicted molar refractivity (Wildman–Crippen MR) is 113 cm³/mol. The van der Waals surface area contributed by atoms with Gasteiger partial charge in [0.2, 0.25) is 0 Å². The molecule has 0 saturated carbocycles. The minimum atomic E-state index is -0.826. The molecule has 0 N–H and O–H groups in total. The zero-order chi connectivity index (χ0) is 18.7. The molecule has 0 heterocycles. The molecule has 4 aromatic carbocycles. The summed E-state index contributed by atoms with van der Waals surface area (Å²) >= 11 is -0.826. The van der Waals surface area contributed by atoms with Gasteiger partial charge in [0.15, 0.2) is 0 Å². The summed E-state index contributed by atoms with van der Waals surface area (Å²) in [5.74, 6) is 0.531. The Morgan fingerprint density at radius 2 is 1.54 bits per heavy atom. The van der Waals surface area contributed by atoms with E-state index in [0.717, 1.165) is 0 Å². The van der Waals surface area contributed by atoms with Crippen molar-refractivity contribution >= 4 is 38.6 Å². The van der Waals surface area contributed by atoms with Gasteiger partial charge in [-0.3, -0.25) is 0 Å². The van der Waals surface area contributed by atoms with Gasteiger partial charge < -0.3 is 0 Å². The monoisotopic (exact) mass is 457 g/mol. The van der Waals surface area contributed by atoms with Crippen molar-refractivity contribution in [2.24, 2.45) is 0 Å². The van der Waals surface area contributed by atoms with Gasteiger partial charge in [0, 0.05) is 0 Å². The summed E-state index contributed by atoms with van der Waals surface area (Å²) in [6.45, 7) is 6.72. The zero-order valence-electron chi connectivity index (χ0n) is 15.2. The van der Waals surface area contributed by atoms with Crippen LogP contribution in [0, 0.1) is 6.92 Å². The van der Waals surface area contributed by atoms with E-state index in [1.54, 1.807) is 0 Å². The molecule has 4 aromatic rings. The van der Waals surface area contributed by atoms with E-state index in [-0.39, 0.29) is 0 Å². The summed E-state index contributed by atoms with van der Waals surface area (Å²) < 4.78 is 0. The van der Waals surface area contributed by atoms with Crippen LogP contribution in [0.1, 0.15) is 30.9 Å². The molecule has 0 amide bonds. The topological polar surface area (TPSA) is 0 Å². The van der Waals surface area contributed by atoms with E-state index in [0.29, 0.717) is 5.92 Å². The van der Waals surface area contributed by atoms with Crippen LogP contribution < -0.4 is 0 Å². The molecule has 0 unspecified atom stereocenters. The zero-order valence-corrected chi connectivity index (χ0v) is 19.2. The van der Waals surface area contributed by atoms with Gasteiger partial charge in [-0.25, -0.2) is 0 Å². The first-order chi connectivity index (χ1) is 12.5. The third-order valence-electron chi connectivity index (χ3n) is 4.74. The van der Waals surface area contributed by atoms with Gasteiger partial charge in [-0.15, -0.1) is 28.5 Å². The first kappa shape index (κ1) is 19.7. The van der Waals surface area contributed by atoms with Crippen LogP contribution in [0.3, 0.4) is 0 Å². The van der Waals surface area contributed by atoms with Crippen LogP contribution in [-0.2, 0) is 20.8 Å². The van der Waals surface area contributed by atoms with E-state index in [9.17, 15) is 0 Å². The van der Waals surface area contributed by atoms with Gasteiger partial charge in [0.05, 0.1) is 0 Å². The second-order valence-corrected chi connectivity index (χ2v) is 10.6. The number of fused-ring (bicyclic) bond motifs is 2. The Labute approximate surface area is 174 Å². The summed E-state index contributed by atoms with van der Waals surface area (Å²) in [5, 5.41) is 5.35. The van der Waals surface area contributed by atoms with Gasteiger partial charge >= 0.3 is 37.9 Å². The summed E-state index contributed by atoms with van der Waals surface area (Å²) in [4.78, 5) is 0. The van der Waals surface area contributed by atoms with Crippen LogP contribution in [0.15, 0.2) is 66.7 Å². The Kier molecular flexibility index (Phi) is 6.67. The van der Waals surface area contributed by atoms with Gasteiger partial charge in [-0.2, -0.15) is 6.07 Å². The number of hydrogen-bond acceptors (Lipinski definition) is 0. The predicted octanol–water partition coefficient (Wildman–Crippen LogP) is 8.19. The normalized spacial score (nSPS) is 10.8. The van der Waals surface area contributed by atoms with Crippen LogP contribution >= 0.6 is 17.0 Å². The Morgan fingerprint density at radius 3 is 2.27 bits per heavy atom. The maximum atomic E-state index is 4.93. The van der Waals surface area contributed by atoms with Crippen molar-refractivity contribution in [1.29, 1.82) is 0 Å². The van der Waals surface area contributed by atoms with Crippen molar-refractivity contribution in [2.45, 2.75) is 26.7 Å². The quantitative estimate of drug-likeness (QED) is 0.265. The molecule has 3 heteroatoms. The summed E-state index contributed by atoms with van der Waals surface area (Å²) in [7, 11) is 9.87. The van der Waals surface area contributed by atoms with E-state index in [1.165, 1.54) is 43.8 Å². The molecule has 0 aliphatic carbocycles. The van der Waals surface area contributed by atoms with Gasteiger partial charge in [-0.05, 0) is 22.3 Å². The van der Waals surface area contributed by atoms with Crippen molar-refractivity contribution < 1.29 is 20.8 Å². The molecule has 0 saturated heterocycles. The fourth-order valence-corrected chi connectivity index (χ4v) is 3.51. The van der Waals surface area contributed by atoms with Crippen LogP contribution in [0.4, 0.5) is 0 Å². The Hall–Kier alpha value is -1.01. The molecule has 0 fully saturated rings. The minimum absolute atomic E-state index is 0.531. The van der Waals surface area contributed by atoms with E-state index >= 15 is 0 Å². The average Bonchev–Trinajstić information content (AvgIpc) is 3.01. The molecular weight excluding hydrogens is 438 g/mol. The Morgan fingerprint density at radius 1 is 0.846 bits per heavy atom. The Balaban J connectivity index is 0.000000613. The summed E-state index contributed by atoms with van der Waals surface area (Å²) in [6, 6.07) is 24.6. The standard InChI is InChI=1S/C23H21.2ClH.Zr/c1-15(2)18-13-19-11-16(3)12-22(19)23(14-18)21-10-6-8-17-7-4-5-9-20(17)21;;;/h4-15H,1-3H3;2*1H;/q-1;;;+2/p-2. The van der Waals surface area contributed by atoms with Crippen LogP contribution in [-0.4, -0.2) is 0 Å². The maximum absolute atomic E-state index is 4.93. The molecule has 132 valence electrons. The molecule has 0 spiro atoms. The number of benzene rings is 3. The van der Waals surface area contributed by atoms with Crippen molar-refractivity contribution in [3.8, 4) is 11.1 Å². The molecular formula is C23H21Cl2Zr-. The van der Waals surface area contributed by atoms with Gasteiger partial charge in [0.25, 0.3) is 0 Å². The molecule has 0 atom stereocenters. The second kappa shape index (κ2) is 8.79. The van der Waals surface area contributed by atoms with Crippen LogP contribution in [0.2, 0.25) is 0 Å². The molecule has 0 nitrogen and oxygen atoms in total. The van der Waals surface area contributed by atoms with E-state index < -0.39 is 20.8 Å². The summed E-state index contributed by atoms with van der Waals surface area (Å²) in [5.41, 5.74) is 5.44. The average molecular weight is 460 g/mol. The second-order valence-electron chi connectivity index (χ2n) is 6.86. The molecule has 0 radical (unpaired) electrons. The molecule has 0 bridgehead atoms. The van der Waals surface area contributed by atoms with Crippen LogP contribution in [0.5, 0.6) is 0 Å². The van der Waals surface area contributed by atoms with Crippen molar-refractivity contribution in [3.63, 3.8) is 0 Å². The molecule has 4 rings (SSSR count). The van der Waals surface area contributed by atoms with E-state index in [2.05, 4.69) is 87.5 Å². The Bertz CT molecular complexity index is 1030. The fourth-order valence-electron chi connectivity index (χ4n) is 3.51. The SMILES string of the molecule is Cc1cc2c(-c3cccc4ccccc34)cc(C(C)C)cc2[cH-]1.[Cl][Zr][Cl].